The van der Waals surface area contributed by atoms with Crippen LogP contribution >= 0.6 is 0 Å². The topological polar surface area (TPSA) is 104 Å². The molecule has 0 unspecified atom stereocenters. The summed E-state index contributed by atoms with van der Waals surface area (Å²) < 4.78 is 0. The molecule has 3 amide bonds. The quantitative estimate of drug-likeness (QED) is 0.760. The molecule has 7 heteroatoms. The number of hydrogen-bond donors (Lipinski definition) is 2. The average molecular weight is 346 g/mol. The van der Waals surface area contributed by atoms with E-state index in [1.807, 2.05) is 0 Å². The lowest BCUT2D eigenvalue weighted by Crippen LogP contribution is -2.56. The molecule has 25 heavy (non-hydrogen) atoms. The molecule has 0 fully saturated rings. The van der Waals surface area contributed by atoms with Crippen molar-refractivity contribution in [2.75, 3.05) is 0 Å². The van der Waals surface area contributed by atoms with Gasteiger partial charge in [-0.05, 0) is 24.0 Å². The Morgan fingerprint density at radius 2 is 1.44 bits per heavy atom. The van der Waals surface area contributed by atoms with Crippen molar-refractivity contribution in [2.24, 2.45) is 11.8 Å². The van der Waals surface area contributed by atoms with Crippen LogP contribution in [0.2, 0.25) is 0 Å². The Hall–Kier alpha value is -2.70. The smallest absolute Gasteiger partial charge is 0.326 e. The second-order valence-electron chi connectivity index (χ2n) is 6.78. The van der Waals surface area contributed by atoms with Gasteiger partial charge in [-0.3, -0.25) is 19.3 Å². The third kappa shape index (κ3) is 3.40. The molecule has 1 aromatic carbocycles. The van der Waals surface area contributed by atoms with Crippen molar-refractivity contribution in [2.45, 2.75) is 39.8 Å². The highest BCUT2D eigenvalue weighted by Crippen LogP contribution is 2.27. The predicted molar refractivity (Wildman–Crippen MR) is 90.0 cm³/mol. The molecule has 0 saturated carbocycles. The normalized spacial score (nSPS) is 16.2. The minimum Gasteiger partial charge on any atom is -0.480 e. The number of nitrogens with zero attached hydrogens (tertiary/aromatic N) is 1. The van der Waals surface area contributed by atoms with Crippen molar-refractivity contribution in [3.05, 3.63) is 35.4 Å². The van der Waals surface area contributed by atoms with E-state index in [0.717, 1.165) is 4.90 Å². The van der Waals surface area contributed by atoms with Gasteiger partial charge in [-0.2, -0.15) is 0 Å². The summed E-state index contributed by atoms with van der Waals surface area (Å²) in [6, 6.07) is 4.21. The number of hydrogen-bond acceptors (Lipinski definition) is 4. The zero-order chi connectivity index (χ0) is 18.9. The van der Waals surface area contributed by atoms with E-state index in [9.17, 15) is 24.3 Å². The van der Waals surface area contributed by atoms with Crippen LogP contribution < -0.4 is 5.32 Å². The van der Waals surface area contributed by atoms with Gasteiger partial charge in [0.2, 0.25) is 5.91 Å². The molecule has 0 aromatic heterocycles. The van der Waals surface area contributed by atoms with E-state index in [-0.39, 0.29) is 23.0 Å². The van der Waals surface area contributed by atoms with E-state index in [4.69, 9.17) is 0 Å². The fraction of sp³-hybridized carbons (Fsp3) is 0.444. The Balaban J connectivity index is 2.33. The van der Waals surface area contributed by atoms with Crippen LogP contribution in [0.1, 0.15) is 48.4 Å². The molecule has 0 bridgehead atoms. The number of benzene rings is 1. The van der Waals surface area contributed by atoms with Gasteiger partial charge in [0, 0.05) is 0 Å². The molecule has 2 N–H and O–H groups in total. The minimum atomic E-state index is -1.16. The SMILES string of the molecule is CC(C)[C@H](NC(=O)[C@H](C(C)C)N1C(=O)c2ccccc2C1=O)C(=O)O. The van der Waals surface area contributed by atoms with E-state index < -0.39 is 35.8 Å². The molecule has 7 nitrogen and oxygen atoms in total. The summed E-state index contributed by atoms with van der Waals surface area (Å²) in [6.45, 7) is 6.76. The van der Waals surface area contributed by atoms with Gasteiger partial charge in [0.1, 0.15) is 12.1 Å². The maximum atomic E-state index is 12.7. The van der Waals surface area contributed by atoms with Crippen molar-refractivity contribution < 1.29 is 24.3 Å². The number of amides is 3. The van der Waals surface area contributed by atoms with Crippen molar-refractivity contribution >= 4 is 23.7 Å². The highest BCUT2D eigenvalue weighted by Gasteiger charge is 2.44. The Labute approximate surface area is 146 Å². The van der Waals surface area contributed by atoms with Crippen LogP contribution in [0.4, 0.5) is 0 Å². The predicted octanol–water partition coefficient (Wildman–Crippen LogP) is 1.53. The van der Waals surface area contributed by atoms with E-state index in [1.165, 1.54) is 0 Å². The number of rotatable bonds is 6. The van der Waals surface area contributed by atoms with Crippen LogP contribution in [0.15, 0.2) is 24.3 Å². The Morgan fingerprint density at radius 3 is 1.80 bits per heavy atom. The summed E-state index contributed by atoms with van der Waals surface area (Å²) in [5.41, 5.74) is 0.509. The maximum Gasteiger partial charge on any atom is 0.326 e. The Kier molecular flexibility index (Phi) is 5.25. The first-order valence-electron chi connectivity index (χ1n) is 8.16. The van der Waals surface area contributed by atoms with Gasteiger partial charge in [-0.1, -0.05) is 39.8 Å². The molecule has 134 valence electrons. The van der Waals surface area contributed by atoms with Crippen LogP contribution in [-0.2, 0) is 9.59 Å². The first kappa shape index (κ1) is 18.6. The Morgan fingerprint density at radius 1 is 0.960 bits per heavy atom. The second-order valence-corrected chi connectivity index (χ2v) is 6.78. The number of aliphatic carboxylic acids is 1. The molecular weight excluding hydrogens is 324 g/mol. The lowest BCUT2D eigenvalue weighted by molar-refractivity contribution is -0.144. The molecule has 1 heterocycles. The first-order valence-corrected chi connectivity index (χ1v) is 8.16. The van der Waals surface area contributed by atoms with Crippen molar-refractivity contribution in [3.63, 3.8) is 0 Å². The first-order chi connectivity index (χ1) is 11.7. The third-order valence-corrected chi connectivity index (χ3v) is 4.23. The summed E-state index contributed by atoms with van der Waals surface area (Å²) in [7, 11) is 0. The summed E-state index contributed by atoms with van der Waals surface area (Å²) in [4.78, 5) is 50.2. The zero-order valence-electron chi connectivity index (χ0n) is 14.6. The largest absolute Gasteiger partial charge is 0.480 e. The highest BCUT2D eigenvalue weighted by molar-refractivity contribution is 6.22. The third-order valence-electron chi connectivity index (χ3n) is 4.23. The van der Waals surface area contributed by atoms with Gasteiger partial charge in [0.15, 0.2) is 0 Å². The van der Waals surface area contributed by atoms with Gasteiger partial charge >= 0.3 is 5.97 Å². The summed E-state index contributed by atoms with van der Waals surface area (Å²) >= 11 is 0. The zero-order valence-corrected chi connectivity index (χ0v) is 14.6. The molecule has 0 radical (unpaired) electrons. The molecule has 0 aliphatic carbocycles. The van der Waals surface area contributed by atoms with E-state index in [1.54, 1.807) is 52.0 Å². The maximum absolute atomic E-state index is 12.7. The van der Waals surface area contributed by atoms with Gasteiger partial charge in [-0.15, -0.1) is 0 Å². The fourth-order valence-corrected chi connectivity index (χ4v) is 2.93. The lowest BCUT2D eigenvalue weighted by Gasteiger charge is -2.30. The van der Waals surface area contributed by atoms with Crippen molar-refractivity contribution in [1.29, 1.82) is 0 Å². The second kappa shape index (κ2) is 7.04. The molecule has 1 aliphatic heterocycles. The Bertz CT molecular complexity index is 691. The number of fused-ring (bicyclic) bond motifs is 1. The lowest BCUT2D eigenvalue weighted by atomic mass is 9.99. The van der Waals surface area contributed by atoms with Crippen LogP contribution in [0.3, 0.4) is 0 Å². The number of carboxylic acid groups (broad SMARTS) is 1. The number of carboxylic acids is 1. The van der Waals surface area contributed by atoms with E-state index >= 15 is 0 Å². The molecule has 0 saturated heterocycles. The minimum absolute atomic E-state index is 0.254. The van der Waals surface area contributed by atoms with Crippen molar-refractivity contribution in [3.8, 4) is 0 Å². The van der Waals surface area contributed by atoms with Crippen LogP contribution in [0, 0.1) is 11.8 Å². The number of imide groups is 1. The summed E-state index contributed by atoms with van der Waals surface area (Å²) in [6.07, 6.45) is 0. The van der Waals surface area contributed by atoms with Crippen molar-refractivity contribution in [1.82, 2.24) is 10.2 Å². The van der Waals surface area contributed by atoms with Gasteiger partial charge in [0.05, 0.1) is 11.1 Å². The summed E-state index contributed by atoms with van der Waals surface area (Å²) in [5.74, 6) is -3.59. The molecule has 2 rings (SSSR count). The van der Waals surface area contributed by atoms with Crippen LogP contribution in [0.5, 0.6) is 0 Å². The molecule has 1 aromatic rings. The molecule has 1 aliphatic rings. The molecule has 2 atom stereocenters. The molecular formula is C18H22N2O5. The average Bonchev–Trinajstić information content (AvgIpc) is 2.77. The van der Waals surface area contributed by atoms with Gasteiger partial charge < -0.3 is 10.4 Å². The van der Waals surface area contributed by atoms with Crippen LogP contribution in [-0.4, -0.2) is 45.8 Å². The molecule has 0 spiro atoms. The van der Waals surface area contributed by atoms with E-state index in [2.05, 4.69) is 5.32 Å². The standard InChI is InChI=1S/C18H22N2O5/c1-9(2)13(18(24)25)19-15(21)14(10(3)4)20-16(22)11-7-5-6-8-12(11)17(20)23/h5-10,13-14H,1-4H3,(H,19,21)(H,24,25)/t13-,14-/m0/s1. The highest BCUT2D eigenvalue weighted by atomic mass is 16.4. The summed E-state index contributed by atoms with van der Waals surface area (Å²) in [5, 5.41) is 11.7. The monoisotopic (exact) mass is 346 g/mol. The van der Waals surface area contributed by atoms with Gasteiger partial charge in [-0.25, -0.2) is 4.79 Å². The number of carbonyl (C=O) groups is 4. The van der Waals surface area contributed by atoms with Crippen LogP contribution in [0.25, 0.3) is 0 Å². The van der Waals surface area contributed by atoms with E-state index in [0.29, 0.717) is 0 Å². The van der Waals surface area contributed by atoms with Gasteiger partial charge in [0.25, 0.3) is 11.8 Å². The fourth-order valence-electron chi connectivity index (χ4n) is 2.93. The number of carbonyl (C=O) groups excluding carboxylic acids is 3. The number of nitrogens with one attached hydrogen (secondary N) is 1.